The molecular formula is C21H22FN5O. The predicted molar refractivity (Wildman–Crippen MR) is 103 cm³/mol. The molecule has 0 aliphatic heterocycles. The number of imidazole rings is 1. The average molecular weight is 379 g/mol. The summed E-state index contributed by atoms with van der Waals surface area (Å²) in [6, 6.07) is 9.42. The monoisotopic (exact) mass is 379 g/mol. The summed E-state index contributed by atoms with van der Waals surface area (Å²) >= 11 is 0. The Morgan fingerprint density at radius 3 is 2.75 bits per heavy atom. The van der Waals surface area contributed by atoms with Gasteiger partial charge in [-0.3, -0.25) is 9.78 Å². The lowest BCUT2D eigenvalue weighted by atomic mass is 9.42. The summed E-state index contributed by atoms with van der Waals surface area (Å²) in [6.45, 7) is 1.50. The van der Waals surface area contributed by atoms with Crippen LogP contribution in [0, 0.1) is 5.41 Å². The first-order valence-corrected chi connectivity index (χ1v) is 9.55. The van der Waals surface area contributed by atoms with Gasteiger partial charge in [-0.25, -0.2) is 9.37 Å². The van der Waals surface area contributed by atoms with Crippen LogP contribution in [-0.2, 0) is 13.0 Å². The molecule has 0 atom stereocenters. The summed E-state index contributed by atoms with van der Waals surface area (Å²) in [4.78, 5) is 20.3. The van der Waals surface area contributed by atoms with Crippen molar-refractivity contribution in [3.63, 3.8) is 0 Å². The van der Waals surface area contributed by atoms with E-state index in [0.717, 1.165) is 29.3 Å². The molecule has 3 aliphatic rings. The topological polar surface area (TPSA) is 85.3 Å². The van der Waals surface area contributed by atoms with E-state index in [-0.39, 0.29) is 5.41 Å². The lowest BCUT2D eigenvalue weighted by Crippen LogP contribution is -2.67. The van der Waals surface area contributed by atoms with Crippen molar-refractivity contribution in [1.82, 2.24) is 19.7 Å². The Bertz CT molecular complexity index is 1040. The van der Waals surface area contributed by atoms with Gasteiger partial charge in [-0.15, -0.1) is 0 Å². The highest BCUT2D eigenvalue weighted by molar-refractivity contribution is 5.92. The summed E-state index contributed by atoms with van der Waals surface area (Å²) in [5.41, 5.74) is 8.72. The third-order valence-corrected chi connectivity index (χ3v) is 6.04. The molecule has 0 aromatic carbocycles. The Hall–Kier alpha value is -2.80. The van der Waals surface area contributed by atoms with Crippen LogP contribution in [0.5, 0.6) is 0 Å². The van der Waals surface area contributed by atoms with Crippen LogP contribution in [0.3, 0.4) is 0 Å². The molecule has 3 fully saturated rings. The number of carbonyl (C=O) groups excluding carboxylic acids is 1. The predicted octanol–water partition coefficient (Wildman–Crippen LogP) is 2.40. The van der Waals surface area contributed by atoms with E-state index in [1.54, 1.807) is 6.07 Å². The zero-order valence-electron chi connectivity index (χ0n) is 15.5. The lowest BCUT2D eigenvalue weighted by Gasteiger charge is -2.66. The van der Waals surface area contributed by atoms with Gasteiger partial charge in [0.25, 0.3) is 0 Å². The molecule has 3 aromatic heterocycles. The molecule has 28 heavy (non-hydrogen) atoms. The largest absolute Gasteiger partial charge is 0.366 e. The quantitative estimate of drug-likeness (QED) is 0.660. The van der Waals surface area contributed by atoms with E-state index < -0.39 is 11.6 Å². The van der Waals surface area contributed by atoms with E-state index in [0.29, 0.717) is 37.8 Å². The van der Waals surface area contributed by atoms with Gasteiger partial charge in [0.15, 0.2) is 0 Å². The van der Waals surface area contributed by atoms with Gasteiger partial charge in [-0.2, -0.15) is 0 Å². The van der Waals surface area contributed by atoms with Crippen LogP contribution in [0.4, 0.5) is 4.39 Å². The molecule has 0 unspecified atom stereocenters. The number of nitrogens with two attached hydrogens (primary N) is 1. The number of rotatable bonds is 7. The number of hydrogen-bond acceptors (Lipinski definition) is 4. The third-order valence-electron chi connectivity index (χ3n) is 6.04. The number of fused-ring (bicyclic) bond motifs is 1. The van der Waals surface area contributed by atoms with Crippen molar-refractivity contribution in [2.24, 2.45) is 11.1 Å². The lowest BCUT2D eigenvalue weighted by molar-refractivity contribution is -0.209. The molecule has 1 amide bonds. The highest BCUT2D eigenvalue weighted by Gasteiger charge is 2.68. The number of alkyl halides is 1. The maximum absolute atomic E-state index is 13.7. The molecule has 3 saturated carbocycles. The highest BCUT2D eigenvalue weighted by atomic mass is 19.1. The van der Waals surface area contributed by atoms with E-state index in [2.05, 4.69) is 14.7 Å². The zero-order valence-corrected chi connectivity index (χ0v) is 15.5. The van der Waals surface area contributed by atoms with Crippen molar-refractivity contribution in [2.75, 3.05) is 6.54 Å². The second-order valence-corrected chi connectivity index (χ2v) is 8.30. The minimum absolute atomic E-state index is 0.168. The van der Waals surface area contributed by atoms with Crippen LogP contribution in [0.2, 0.25) is 0 Å². The van der Waals surface area contributed by atoms with Crippen molar-refractivity contribution in [1.29, 1.82) is 0 Å². The maximum Gasteiger partial charge on any atom is 0.250 e. The van der Waals surface area contributed by atoms with E-state index in [4.69, 9.17) is 10.7 Å². The number of halogens is 1. The SMILES string of the molecule is NC(=O)c1ccc(Cc2nc3ccccn3c2CNCC23CC(F)(C2)C3)nc1. The first-order valence-electron chi connectivity index (χ1n) is 9.55. The number of carbonyl (C=O) groups is 1. The molecule has 0 saturated heterocycles. The fraction of sp³-hybridized carbons (Fsp3) is 0.381. The van der Waals surface area contributed by atoms with E-state index in [1.165, 1.54) is 6.20 Å². The summed E-state index contributed by atoms with van der Waals surface area (Å²) in [5.74, 6) is -0.486. The highest BCUT2D eigenvalue weighted by Crippen LogP contribution is 2.69. The number of hydrogen-bond donors (Lipinski definition) is 2. The van der Waals surface area contributed by atoms with E-state index >= 15 is 0 Å². The number of pyridine rings is 2. The maximum atomic E-state index is 13.7. The number of nitrogens with one attached hydrogen (secondary N) is 1. The number of nitrogens with zero attached hydrogens (tertiary/aromatic N) is 3. The Morgan fingerprint density at radius 1 is 1.25 bits per heavy atom. The molecule has 144 valence electrons. The van der Waals surface area contributed by atoms with Crippen LogP contribution >= 0.6 is 0 Å². The van der Waals surface area contributed by atoms with Crippen LogP contribution in [0.1, 0.15) is 46.7 Å². The Labute approximate surface area is 162 Å². The van der Waals surface area contributed by atoms with E-state index in [1.807, 2.05) is 30.5 Å². The summed E-state index contributed by atoms with van der Waals surface area (Å²) in [7, 11) is 0. The van der Waals surface area contributed by atoms with Crippen LogP contribution in [-0.4, -0.2) is 32.5 Å². The van der Waals surface area contributed by atoms with Crippen LogP contribution in [0.15, 0.2) is 42.7 Å². The second-order valence-electron chi connectivity index (χ2n) is 8.30. The smallest absolute Gasteiger partial charge is 0.250 e. The second kappa shape index (κ2) is 6.10. The van der Waals surface area contributed by atoms with Crippen LogP contribution < -0.4 is 11.1 Å². The van der Waals surface area contributed by atoms with Crippen molar-refractivity contribution in [2.45, 2.75) is 37.9 Å². The van der Waals surface area contributed by atoms with Gasteiger partial charge in [-0.05, 0) is 48.9 Å². The van der Waals surface area contributed by atoms with Gasteiger partial charge in [0.05, 0.1) is 17.0 Å². The molecule has 3 aromatic rings. The molecular weight excluding hydrogens is 357 g/mol. The molecule has 3 aliphatic carbocycles. The Balaban J connectivity index is 1.35. The Kier molecular flexibility index (Phi) is 3.77. The standard InChI is InChI=1S/C21H22FN5O/c22-21-10-20(11-21,12-21)13-24-9-17-16(26-18-3-1-2-6-27(17)18)7-15-5-4-14(8-25-15)19(23)28/h1-6,8,24H,7,9-13H2,(H2,23,28). The van der Waals surface area contributed by atoms with Crippen molar-refractivity contribution < 1.29 is 9.18 Å². The third kappa shape index (κ3) is 2.86. The summed E-state index contributed by atoms with van der Waals surface area (Å²) in [6.07, 6.45) is 6.16. The molecule has 0 radical (unpaired) electrons. The van der Waals surface area contributed by atoms with Gasteiger partial charge >= 0.3 is 0 Å². The molecule has 3 N–H and O–H groups in total. The molecule has 2 bridgehead atoms. The van der Waals surface area contributed by atoms with Gasteiger partial charge in [0.1, 0.15) is 11.3 Å². The van der Waals surface area contributed by atoms with E-state index in [9.17, 15) is 9.18 Å². The number of aromatic nitrogens is 3. The normalized spacial score (nSPS) is 25.3. The fourth-order valence-electron chi connectivity index (χ4n) is 4.76. The minimum atomic E-state index is -0.862. The van der Waals surface area contributed by atoms with Crippen LogP contribution in [0.25, 0.3) is 5.65 Å². The van der Waals surface area contributed by atoms with Gasteiger partial charge in [0.2, 0.25) is 5.91 Å². The van der Waals surface area contributed by atoms with Crippen molar-refractivity contribution >= 4 is 11.6 Å². The number of amides is 1. The first kappa shape index (κ1) is 17.3. The number of primary amides is 1. The zero-order chi connectivity index (χ0) is 19.4. The Morgan fingerprint density at radius 2 is 2.07 bits per heavy atom. The molecule has 6 rings (SSSR count). The molecule has 0 spiro atoms. The van der Waals surface area contributed by atoms with Gasteiger partial charge in [-0.1, -0.05) is 6.07 Å². The summed E-state index contributed by atoms with van der Waals surface area (Å²) < 4.78 is 15.8. The van der Waals surface area contributed by atoms with Gasteiger partial charge in [0, 0.05) is 37.6 Å². The fourth-order valence-corrected chi connectivity index (χ4v) is 4.76. The molecule has 7 heteroatoms. The van der Waals surface area contributed by atoms with Crippen molar-refractivity contribution in [3.8, 4) is 0 Å². The average Bonchev–Trinajstić information content (AvgIpc) is 2.97. The first-order chi connectivity index (χ1) is 13.5. The molecule has 3 heterocycles. The summed E-state index contributed by atoms with van der Waals surface area (Å²) in [5, 5.41) is 3.52. The minimum Gasteiger partial charge on any atom is -0.366 e. The van der Waals surface area contributed by atoms with Gasteiger partial charge < -0.3 is 15.5 Å². The molecule has 6 nitrogen and oxygen atoms in total. The van der Waals surface area contributed by atoms with Crippen molar-refractivity contribution in [3.05, 3.63) is 65.4 Å².